The van der Waals surface area contributed by atoms with Crippen LogP contribution in [0.5, 0.6) is 0 Å². The summed E-state index contributed by atoms with van der Waals surface area (Å²) in [5, 5.41) is 11.1. The summed E-state index contributed by atoms with van der Waals surface area (Å²) in [4.78, 5) is 15.5. The second kappa shape index (κ2) is 12.0. The third kappa shape index (κ3) is 7.53. The molecule has 0 radical (unpaired) electrons. The van der Waals surface area contributed by atoms with E-state index >= 15 is 0 Å². The summed E-state index contributed by atoms with van der Waals surface area (Å²) in [5.41, 5.74) is 6.04. The molecule has 2 unspecified atom stereocenters. The van der Waals surface area contributed by atoms with Gasteiger partial charge in [-0.3, -0.25) is 5.73 Å². The highest BCUT2D eigenvalue weighted by molar-refractivity contribution is 5.81. The third-order valence-electron chi connectivity index (χ3n) is 4.82. The maximum Gasteiger partial charge on any atom is 0.209 e. The standard InChI is InChI=1S/C20H35N3O2/c1-3-4-5-6-7-8-9-10-11-12-13-14-19-22-15-16-23(19,18(2)21)17-20(24)25/h7-8,15-16,18H,3-6,9-14,17,21H2,1-2H3/b8-7+. The van der Waals surface area contributed by atoms with Gasteiger partial charge in [-0.1, -0.05) is 44.8 Å². The molecule has 2 N–H and O–H groups in total. The van der Waals surface area contributed by atoms with E-state index in [4.69, 9.17) is 5.73 Å². The molecule has 1 rings (SSSR count). The molecule has 1 aliphatic rings. The van der Waals surface area contributed by atoms with Gasteiger partial charge in [0.1, 0.15) is 18.9 Å². The first kappa shape index (κ1) is 21.6. The maximum absolute atomic E-state index is 11.1. The predicted molar refractivity (Wildman–Crippen MR) is 101 cm³/mol. The van der Waals surface area contributed by atoms with Crippen LogP contribution in [0.15, 0.2) is 29.5 Å². The van der Waals surface area contributed by atoms with Gasteiger partial charge in [0.2, 0.25) is 5.84 Å². The van der Waals surface area contributed by atoms with Gasteiger partial charge in [0.15, 0.2) is 0 Å². The highest BCUT2D eigenvalue weighted by atomic mass is 16.4. The summed E-state index contributed by atoms with van der Waals surface area (Å²) in [6.45, 7) is 3.91. The minimum Gasteiger partial charge on any atom is -0.544 e. The van der Waals surface area contributed by atoms with Crippen LogP contribution in [0.1, 0.15) is 78.1 Å². The highest BCUT2D eigenvalue weighted by Gasteiger charge is 2.38. The van der Waals surface area contributed by atoms with Crippen LogP contribution < -0.4 is 10.8 Å². The van der Waals surface area contributed by atoms with Crippen molar-refractivity contribution in [3.8, 4) is 0 Å². The lowest BCUT2D eigenvalue weighted by molar-refractivity contribution is -0.808. The Hall–Kier alpha value is -1.46. The number of unbranched alkanes of at least 4 members (excludes halogenated alkanes) is 7. The second-order valence-corrected chi connectivity index (χ2v) is 6.96. The Morgan fingerprint density at radius 2 is 1.84 bits per heavy atom. The van der Waals surface area contributed by atoms with Crippen molar-refractivity contribution in [1.82, 2.24) is 0 Å². The number of carboxylic acids is 1. The lowest BCUT2D eigenvalue weighted by Gasteiger charge is -2.36. The summed E-state index contributed by atoms with van der Waals surface area (Å²) in [6, 6.07) is 0. The van der Waals surface area contributed by atoms with E-state index in [0.717, 1.165) is 31.5 Å². The Morgan fingerprint density at radius 1 is 1.20 bits per heavy atom. The lowest BCUT2D eigenvalue weighted by atomic mass is 10.1. The summed E-state index contributed by atoms with van der Waals surface area (Å²) in [5.74, 6) is -0.253. The molecule has 1 aliphatic heterocycles. The number of carbonyl (C=O) groups excluding carboxylic acids is 1. The van der Waals surface area contributed by atoms with Crippen LogP contribution in [0.25, 0.3) is 0 Å². The molecule has 25 heavy (non-hydrogen) atoms. The number of hydrogen-bond acceptors (Lipinski definition) is 4. The molecule has 0 aliphatic carbocycles. The first-order valence-corrected chi connectivity index (χ1v) is 9.75. The van der Waals surface area contributed by atoms with Gasteiger partial charge in [0.05, 0.1) is 12.2 Å². The summed E-state index contributed by atoms with van der Waals surface area (Å²) >= 11 is 0. The monoisotopic (exact) mass is 349 g/mol. The zero-order valence-corrected chi connectivity index (χ0v) is 16.0. The number of aliphatic carboxylic acids is 1. The molecule has 0 spiro atoms. The number of rotatable bonds is 14. The normalized spacial score (nSPS) is 21.0. The Labute approximate surface area is 152 Å². The molecule has 0 saturated carbocycles. The van der Waals surface area contributed by atoms with Crippen molar-refractivity contribution in [1.29, 1.82) is 0 Å². The molecule has 5 heteroatoms. The molecule has 5 nitrogen and oxygen atoms in total. The van der Waals surface area contributed by atoms with Gasteiger partial charge in [0, 0.05) is 13.3 Å². The summed E-state index contributed by atoms with van der Waals surface area (Å²) in [7, 11) is 0. The number of nitrogens with zero attached hydrogens (tertiary/aromatic N) is 2. The smallest absolute Gasteiger partial charge is 0.209 e. The molecule has 0 saturated heterocycles. The van der Waals surface area contributed by atoms with Crippen LogP contribution in [0.3, 0.4) is 0 Å². The van der Waals surface area contributed by atoms with Crippen molar-refractivity contribution in [2.24, 2.45) is 10.7 Å². The van der Waals surface area contributed by atoms with Crippen molar-refractivity contribution in [2.75, 3.05) is 6.54 Å². The first-order valence-electron chi connectivity index (χ1n) is 9.75. The fourth-order valence-corrected chi connectivity index (χ4v) is 3.22. The number of allylic oxidation sites excluding steroid dienone is 2. The average Bonchev–Trinajstić information content (AvgIpc) is 2.96. The number of quaternary nitrogens is 1. The van der Waals surface area contributed by atoms with Gasteiger partial charge in [-0.15, -0.1) is 0 Å². The Kier molecular flexibility index (Phi) is 10.3. The zero-order valence-electron chi connectivity index (χ0n) is 16.0. The van der Waals surface area contributed by atoms with E-state index in [0.29, 0.717) is 0 Å². The molecular formula is C20H35N3O2. The quantitative estimate of drug-likeness (QED) is 0.297. The number of hydrogen-bond donors (Lipinski definition) is 1. The topological polar surface area (TPSA) is 78.5 Å². The first-order chi connectivity index (χ1) is 12.0. The molecule has 0 aromatic rings. The number of aliphatic imine (C=N–C) groups is 1. The molecule has 2 atom stereocenters. The number of nitrogens with two attached hydrogens (primary N) is 1. The van der Waals surface area contributed by atoms with Gasteiger partial charge in [-0.05, 0) is 32.1 Å². The molecule has 142 valence electrons. The lowest BCUT2D eigenvalue weighted by Crippen LogP contribution is -2.60. The molecule has 0 bridgehead atoms. The highest BCUT2D eigenvalue weighted by Crippen LogP contribution is 2.23. The molecule has 0 aromatic carbocycles. The van der Waals surface area contributed by atoms with Gasteiger partial charge >= 0.3 is 0 Å². The van der Waals surface area contributed by atoms with Crippen molar-refractivity contribution in [2.45, 2.75) is 84.2 Å². The minimum atomic E-state index is -1.10. The van der Waals surface area contributed by atoms with E-state index in [2.05, 4.69) is 24.1 Å². The van der Waals surface area contributed by atoms with Crippen LogP contribution in [-0.4, -0.2) is 29.0 Å². The van der Waals surface area contributed by atoms with Crippen molar-refractivity contribution in [3.63, 3.8) is 0 Å². The van der Waals surface area contributed by atoms with Crippen LogP contribution >= 0.6 is 0 Å². The Morgan fingerprint density at radius 3 is 2.44 bits per heavy atom. The van der Waals surface area contributed by atoms with Crippen LogP contribution in [0.4, 0.5) is 0 Å². The number of amidine groups is 1. The van der Waals surface area contributed by atoms with Crippen molar-refractivity contribution < 1.29 is 14.4 Å². The van der Waals surface area contributed by atoms with Crippen LogP contribution in [0, 0.1) is 0 Å². The van der Waals surface area contributed by atoms with E-state index in [1.54, 1.807) is 12.4 Å². The molecule has 0 aromatic heterocycles. The van der Waals surface area contributed by atoms with Crippen LogP contribution in [0.2, 0.25) is 0 Å². The summed E-state index contributed by atoms with van der Waals surface area (Å²) < 4.78 is 0.100. The van der Waals surface area contributed by atoms with E-state index < -0.39 is 5.97 Å². The molecule has 0 amide bonds. The Bertz CT molecular complexity index is 483. The maximum atomic E-state index is 11.1. The van der Waals surface area contributed by atoms with E-state index in [-0.39, 0.29) is 17.2 Å². The number of carbonyl (C=O) groups is 1. The van der Waals surface area contributed by atoms with Gasteiger partial charge in [-0.2, -0.15) is 0 Å². The third-order valence-corrected chi connectivity index (χ3v) is 4.82. The van der Waals surface area contributed by atoms with Gasteiger partial charge in [-0.25, -0.2) is 9.48 Å². The second-order valence-electron chi connectivity index (χ2n) is 6.96. The van der Waals surface area contributed by atoms with Gasteiger partial charge in [0.25, 0.3) is 0 Å². The number of carboxylic acid groups (broad SMARTS) is 1. The average molecular weight is 350 g/mol. The predicted octanol–water partition coefficient (Wildman–Crippen LogP) is 3.22. The van der Waals surface area contributed by atoms with E-state index in [9.17, 15) is 9.90 Å². The fraction of sp³-hybridized carbons (Fsp3) is 0.700. The Balaban J connectivity index is 2.22. The zero-order chi connectivity index (χ0) is 18.5. The largest absolute Gasteiger partial charge is 0.544 e. The molecule has 1 heterocycles. The van der Waals surface area contributed by atoms with Crippen molar-refractivity contribution >= 4 is 11.8 Å². The van der Waals surface area contributed by atoms with E-state index in [1.807, 2.05) is 6.92 Å². The van der Waals surface area contributed by atoms with Crippen LogP contribution in [-0.2, 0) is 4.79 Å². The van der Waals surface area contributed by atoms with E-state index in [1.165, 1.54) is 38.5 Å². The van der Waals surface area contributed by atoms with Crippen molar-refractivity contribution in [3.05, 3.63) is 24.6 Å². The minimum absolute atomic E-state index is 0.100. The summed E-state index contributed by atoms with van der Waals surface area (Å²) in [6.07, 6.45) is 19.3. The fourth-order valence-electron chi connectivity index (χ4n) is 3.22. The molecular weight excluding hydrogens is 314 g/mol. The molecule has 0 fully saturated rings. The van der Waals surface area contributed by atoms with Gasteiger partial charge < -0.3 is 9.90 Å². The SMILES string of the molecule is CCCCC/C=C/CCCCCCC1=NC=C[N+]1(CC(=O)[O-])C(C)N.